The average Bonchev–Trinajstić information content (AvgIpc) is 2.78. The van der Waals surface area contributed by atoms with Crippen LogP contribution in [0.3, 0.4) is 0 Å². The van der Waals surface area contributed by atoms with Crippen molar-refractivity contribution in [3.05, 3.63) is 105 Å². The molecule has 2 N–H and O–H groups in total. The van der Waals surface area contributed by atoms with Gasteiger partial charge >= 0.3 is 0 Å². The van der Waals surface area contributed by atoms with Crippen LogP contribution in [0.15, 0.2) is 72.8 Å². The topological polar surface area (TPSA) is 72.6 Å². The largest absolute Gasteiger partial charge is 0.366 e. The Balaban J connectivity index is 1.69. The number of likely N-dealkylation sites (N-methyl/N-ethyl adjacent to an activating group) is 1. The number of morpholine rings is 1. The molecule has 3 aromatic carbocycles. The van der Waals surface area contributed by atoms with Gasteiger partial charge in [0.25, 0.3) is 5.91 Å². The van der Waals surface area contributed by atoms with Crippen LogP contribution in [0, 0.1) is 0 Å². The van der Waals surface area contributed by atoms with Gasteiger partial charge in [0.1, 0.15) is 12.2 Å². The number of amides is 2. The lowest BCUT2D eigenvalue weighted by molar-refractivity contribution is -0.171. The summed E-state index contributed by atoms with van der Waals surface area (Å²) in [5, 5.41) is 1.24. The summed E-state index contributed by atoms with van der Waals surface area (Å²) in [5.41, 5.74) is 8.42. The fourth-order valence-corrected chi connectivity index (χ4v) is 4.30. The second-order valence-electron chi connectivity index (χ2n) is 7.81. The maximum absolute atomic E-state index is 13.3. The number of nitrogens with two attached hydrogens (primary N) is 1. The van der Waals surface area contributed by atoms with Crippen molar-refractivity contribution in [2.75, 3.05) is 7.05 Å². The average molecular weight is 469 g/mol. The fourth-order valence-electron chi connectivity index (χ4n) is 4.05. The molecule has 4 rings (SSSR count). The normalized spacial score (nSPS) is 20.9. The number of hydrogen-bond donors (Lipinski definition) is 1. The predicted octanol–water partition coefficient (Wildman–Crippen LogP) is 4.97. The number of primary amides is 1. The van der Waals surface area contributed by atoms with Gasteiger partial charge in [0, 0.05) is 29.1 Å². The number of carbonyl (C=O) groups is 2. The van der Waals surface area contributed by atoms with Crippen molar-refractivity contribution in [2.24, 2.45) is 5.73 Å². The zero-order valence-corrected chi connectivity index (χ0v) is 18.9. The molecule has 0 spiro atoms. The molecule has 0 aromatic heterocycles. The van der Waals surface area contributed by atoms with E-state index in [0.29, 0.717) is 22.0 Å². The van der Waals surface area contributed by atoms with Crippen molar-refractivity contribution in [3.63, 3.8) is 0 Å². The van der Waals surface area contributed by atoms with Crippen LogP contribution >= 0.6 is 23.2 Å². The van der Waals surface area contributed by atoms with E-state index in [1.54, 1.807) is 54.4 Å². The number of hydrogen-bond acceptors (Lipinski definition) is 3. The molecular weight excluding hydrogens is 447 g/mol. The molecule has 0 aliphatic carbocycles. The molecule has 32 heavy (non-hydrogen) atoms. The standard InChI is InChI=1S/C25H22Cl2N2O3/c1-29-22(16-5-9-19(26)10-6-16)23(17-7-11-20(27)12-8-17)32-21(25(29)31)14-15-3-2-4-18(13-15)24(28)30/h2-13,21-23H,14H2,1H3,(H2,28,30)/t21-,22+,23-/m0/s1. The Bertz CT molecular complexity index is 1130. The molecule has 1 aliphatic heterocycles. The van der Waals surface area contributed by atoms with Crippen LogP contribution in [0.25, 0.3) is 0 Å². The molecule has 0 bridgehead atoms. The highest BCUT2D eigenvalue weighted by Gasteiger charge is 2.42. The lowest BCUT2D eigenvalue weighted by Crippen LogP contribution is -2.49. The SMILES string of the molecule is CN1C(=O)[C@H](Cc2cccc(C(N)=O)c2)O[C@@H](c2ccc(Cl)cc2)[C@H]1c1ccc(Cl)cc1. The smallest absolute Gasteiger partial charge is 0.252 e. The minimum Gasteiger partial charge on any atom is -0.366 e. The van der Waals surface area contributed by atoms with E-state index in [1.165, 1.54) is 0 Å². The summed E-state index contributed by atoms with van der Waals surface area (Å²) in [6, 6.07) is 21.4. The van der Waals surface area contributed by atoms with Gasteiger partial charge < -0.3 is 15.4 Å². The lowest BCUT2D eigenvalue weighted by Gasteiger charge is -2.43. The minimum absolute atomic E-state index is 0.139. The Morgan fingerprint density at radius 1 is 0.969 bits per heavy atom. The molecule has 1 saturated heterocycles. The van der Waals surface area contributed by atoms with Crippen LogP contribution in [0.4, 0.5) is 0 Å². The first-order valence-corrected chi connectivity index (χ1v) is 10.9. The van der Waals surface area contributed by atoms with Gasteiger partial charge in [0.05, 0.1) is 6.04 Å². The highest BCUT2D eigenvalue weighted by Crippen LogP contribution is 2.42. The van der Waals surface area contributed by atoms with Crippen LogP contribution in [-0.2, 0) is 16.0 Å². The minimum atomic E-state index is -0.715. The number of ether oxygens (including phenoxy) is 1. The molecule has 0 saturated carbocycles. The highest BCUT2D eigenvalue weighted by molar-refractivity contribution is 6.30. The highest BCUT2D eigenvalue weighted by atomic mass is 35.5. The lowest BCUT2D eigenvalue weighted by atomic mass is 9.91. The van der Waals surface area contributed by atoms with E-state index in [0.717, 1.165) is 16.7 Å². The molecule has 3 aromatic rings. The van der Waals surface area contributed by atoms with E-state index in [4.69, 9.17) is 33.7 Å². The third-order valence-corrected chi connectivity index (χ3v) is 6.18. The van der Waals surface area contributed by atoms with E-state index >= 15 is 0 Å². The summed E-state index contributed by atoms with van der Waals surface area (Å²) < 4.78 is 6.41. The third-order valence-electron chi connectivity index (χ3n) is 5.68. The van der Waals surface area contributed by atoms with Crippen LogP contribution in [0.2, 0.25) is 10.0 Å². The molecule has 7 heteroatoms. The van der Waals surface area contributed by atoms with E-state index in [9.17, 15) is 9.59 Å². The molecular formula is C25H22Cl2N2O3. The van der Waals surface area contributed by atoms with Crippen molar-refractivity contribution in [2.45, 2.75) is 24.7 Å². The summed E-state index contributed by atoms with van der Waals surface area (Å²) in [6.07, 6.45) is -0.810. The monoisotopic (exact) mass is 468 g/mol. The van der Waals surface area contributed by atoms with Crippen molar-refractivity contribution in [1.82, 2.24) is 4.90 Å². The molecule has 1 aliphatic rings. The van der Waals surface area contributed by atoms with Crippen LogP contribution in [0.1, 0.15) is 39.2 Å². The number of halogens is 2. The van der Waals surface area contributed by atoms with Crippen molar-refractivity contribution < 1.29 is 14.3 Å². The molecule has 0 radical (unpaired) electrons. The number of nitrogens with zero attached hydrogens (tertiary/aromatic N) is 1. The molecule has 164 valence electrons. The first-order valence-electron chi connectivity index (χ1n) is 10.2. The number of rotatable bonds is 5. The van der Waals surface area contributed by atoms with Gasteiger partial charge in [-0.3, -0.25) is 9.59 Å². The summed E-state index contributed by atoms with van der Waals surface area (Å²) in [6.45, 7) is 0. The Morgan fingerprint density at radius 3 is 2.16 bits per heavy atom. The van der Waals surface area contributed by atoms with Gasteiger partial charge in [0.2, 0.25) is 5.91 Å². The fraction of sp³-hybridized carbons (Fsp3) is 0.200. The molecule has 3 atom stereocenters. The second kappa shape index (κ2) is 9.33. The third kappa shape index (κ3) is 4.65. The summed E-state index contributed by atoms with van der Waals surface area (Å²) in [5.74, 6) is -0.652. The summed E-state index contributed by atoms with van der Waals surface area (Å²) in [7, 11) is 1.78. The van der Waals surface area contributed by atoms with Crippen molar-refractivity contribution >= 4 is 35.0 Å². The predicted molar refractivity (Wildman–Crippen MR) is 125 cm³/mol. The van der Waals surface area contributed by atoms with E-state index in [2.05, 4.69) is 0 Å². The number of benzene rings is 3. The molecule has 5 nitrogen and oxygen atoms in total. The Labute approximate surface area is 196 Å². The summed E-state index contributed by atoms with van der Waals surface area (Å²) >= 11 is 12.2. The molecule has 1 fully saturated rings. The van der Waals surface area contributed by atoms with Crippen molar-refractivity contribution in [3.8, 4) is 0 Å². The maximum atomic E-state index is 13.3. The quantitative estimate of drug-likeness (QED) is 0.573. The zero-order chi connectivity index (χ0) is 22.8. The molecule has 2 amide bonds. The van der Waals surface area contributed by atoms with E-state index < -0.39 is 18.1 Å². The van der Waals surface area contributed by atoms with Gasteiger partial charge in [0.15, 0.2) is 0 Å². The van der Waals surface area contributed by atoms with Crippen LogP contribution in [0.5, 0.6) is 0 Å². The second-order valence-corrected chi connectivity index (χ2v) is 8.68. The van der Waals surface area contributed by atoms with Gasteiger partial charge in [-0.1, -0.05) is 59.6 Å². The number of carbonyl (C=O) groups excluding carboxylic acids is 2. The van der Waals surface area contributed by atoms with Crippen LogP contribution in [-0.4, -0.2) is 29.9 Å². The van der Waals surface area contributed by atoms with Gasteiger partial charge in [-0.2, -0.15) is 0 Å². The van der Waals surface area contributed by atoms with Crippen molar-refractivity contribution in [1.29, 1.82) is 0 Å². The first-order chi connectivity index (χ1) is 15.3. The Kier molecular flexibility index (Phi) is 6.51. The van der Waals surface area contributed by atoms with Gasteiger partial charge in [-0.25, -0.2) is 0 Å². The first kappa shape index (κ1) is 22.3. The van der Waals surface area contributed by atoms with Crippen LogP contribution < -0.4 is 5.73 Å². The Morgan fingerprint density at radius 2 is 1.56 bits per heavy atom. The zero-order valence-electron chi connectivity index (χ0n) is 17.4. The van der Waals surface area contributed by atoms with E-state index in [-0.39, 0.29) is 11.9 Å². The summed E-state index contributed by atoms with van der Waals surface area (Å²) in [4.78, 5) is 26.6. The molecule has 0 unspecified atom stereocenters. The van der Waals surface area contributed by atoms with Gasteiger partial charge in [-0.05, 0) is 53.1 Å². The van der Waals surface area contributed by atoms with E-state index in [1.807, 2.05) is 30.3 Å². The van der Waals surface area contributed by atoms with Gasteiger partial charge in [-0.15, -0.1) is 0 Å². The Hall–Kier alpha value is -2.86. The molecule has 1 heterocycles. The maximum Gasteiger partial charge on any atom is 0.252 e.